The van der Waals surface area contributed by atoms with Crippen molar-refractivity contribution in [2.75, 3.05) is 13.7 Å². The van der Waals surface area contributed by atoms with E-state index in [4.69, 9.17) is 4.52 Å². The fraction of sp³-hybridized carbons (Fsp3) is 0.368. The highest BCUT2D eigenvalue weighted by Gasteiger charge is 2.24. The minimum Gasteiger partial charge on any atom is -0.467 e. The molecule has 0 fully saturated rings. The fourth-order valence-corrected chi connectivity index (χ4v) is 2.38. The number of esters is 1. The average Bonchev–Trinajstić information content (AvgIpc) is 3.16. The summed E-state index contributed by atoms with van der Waals surface area (Å²) in [7, 11) is 1.25. The number of benzene rings is 1. The summed E-state index contributed by atoms with van der Waals surface area (Å²) >= 11 is 0. The van der Waals surface area contributed by atoms with Crippen molar-refractivity contribution in [2.24, 2.45) is 5.92 Å². The van der Waals surface area contributed by atoms with Crippen molar-refractivity contribution in [1.82, 2.24) is 15.8 Å². The molecule has 2 amide bonds. The van der Waals surface area contributed by atoms with Crippen LogP contribution in [0.2, 0.25) is 0 Å². The molecule has 1 unspecified atom stereocenters. The van der Waals surface area contributed by atoms with Crippen LogP contribution in [0, 0.1) is 11.7 Å². The van der Waals surface area contributed by atoms with Gasteiger partial charge in [-0.1, -0.05) is 19.0 Å². The Labute approximate surface area is 161 Å². The van der Waals surface area contributed by atoms with Crippen molar-refractivity contribution in [3.63, 3.8) is 0 Å². The van der Waals surface area contributed by atoms with Crippen LogP contribution < -0.4 is 10.6 Å². The third-order valence-corrected chi connectivity index (χ3v) is 3.95. The standard InChI is InChI=1S/C19H22FN3O5/c1-11(2)17(19(26)27-3)22-16(24)8-9-21-18(25)14-10-15(28-23-14)12-4-6-13(20)7-5-12/h4-7,10-11,17H,8-9H2,1-3H3,(H,21,25)(H,22,24). The van der Waals surface area contributed by atoms with Gasteiger partial charge in [0.1, 0.15) is 11.9 Å². The van der Waals surface area contributed by atoms with Gasteiger partial charge in [0.2, 0.25) is 5.91 Å². The summed E-state index contributed by atoms with van der Waals surface area (Å²) in [5.41, 5.74) is 0.615. The summed E-state index contributed by atoms with van der Waals surface area (Å²) in [6.45, 7) is 3.62. The number of methoxy groups -OCH3 is 1. The zero-order valence-corrected chi connectivity index (χ0v) is 15.8. The lowest BCUT2D eigenvalue weighted by Crippen LogP contribution is -2.45. The first-order chi connectivity index (χ1) is 13.3. The predicted octanol–water partition coefficient (Wildman–Crippen LogP) is 1.91. The van der Waals surface area contributed by atoms with Crippen LogP contribution in [0.15, 0.2) is 34.9 Å². The van der Waals surface area contributed by atoms with Crippen LogP contribution in [0.1, 0.15) is 30.8 Å². The SMILES string of the molecule is COC(=O)C(NC(=O)CCNC(=O)c1cc(-c2ccc(F)cc2)on1)C(C)C. The number of carbonyl (C=O) groups is 3. The van der Waals surface area contributed by atoms with Crippen molar-refractivity contribution in [3.05, 3.63) is 41.8 Å². The maximum Gasteiger partial charge on any atom is 0.328 e. The van der Waals surface area contributed by atoms with E-state index < -0.39 is 23.8 Å². The minimum atomic E-state index is -0.748. The summed E-state index contributed by atoms with van der Waals surface area (Å²) in [4.78, 5) is 35.7. The number of nitrogens with one attached hydrogen (secondary N) is 2. The lowest BCUT2D eigenvalue weighted by atomic mass is 10.0. The zero-order valence-electron chi connectivity index (χ0n) is 15.8. The van der Waals surface area contributed by atoms with E-state index >= 15 is 0 Å². The van der Waals surface area contributed by atoms with Gasteiger partial charge in [-0.05, 0) is 30.2 Å². The van der Waals surface area contributed by atoms with Gasteiger partial charge in [0.05, 0.1) is 7.11 Å². The molecule has 0 saturated carbocycles. The molecule has 8 nitrogen and oxygen atoms in total. The normalized spacial score (nSPS) is 11.8. The highest BCUT2D eigenvalue weighted by Crippen LogP contribution is 2.20. The summed E-state index contributed by atoms with van der Waals surface area (Å²) in [5, 5.41) is 8.81. The lowest BCUT2D eigenvalue weighted by Gasteiger charge is -2.19. The maximum atomic E-state index is 13.0. The number of nitrogens with zero attached hydrogens (tertiary/aromatic N) is 1. The van der Waals surface area contributed by atoms with Crippen LogP contribution in [-0.4, -0.2) is 42.6 Å². The van der Waals surface area contributed by atoms with E-state index in [9.17, 15) is 18.8 Å². The van der Waals surface area contributed by atoms with Crippen molar-refractivity contribution < 1.29 is 28.0 Å². The topological polar surface area (TPSA) is 111 Å². The summed E-state index contributed by atoms with van der Waals surface area (Å²) in [6.07, 6.45) is -0.0192. The Hall–Kier alpha value is -3.23. The molecule has 2 N–H and O–H groups in total. The van der Waals surface area contributed by atoms with Crippen LogP contribution in [-0.2, 0) is 14.3 Å². The van der Waals surface area contributed by atoms with Crippen LogP contribution in [0.25, 0.3) is 11.3 Å². The summed E-state index contributed by atoms with van der Waals surface area (Å²) in [5.74, 6) is -1.63. The molecule has 9 heteroatoms. The molecule has 150 valence electrons. The number of ether oxygens (including phenoxy) is 1. The van der Waals surface area contributed by atoms with E-state index in [-0.39, 0.29) is 30.4 Å². The summed E-state index contributed by atoms with van der Waals surface area (Å²) in [6, 6.07) is 6.24. The van der Waals surface area contributed by atoms with Gasteiger partial charge in [-0.3, -0.25) is 9.59 Å². The van der Waals surface area contributed by atoms with E-state index in [1.165, 1.54) is 37.4 Å². The number of amides is 2. The van der Waals surface area contributed by atoms with Crippen LogP contribution >= 0.6 is 0 Å². The number of hydrogen-bond donors (Lipinski definition) is 2. The van der Waals surface area contributed by atoms with E-state index in [1.54, 1.807) is 13.8 Å². The van der Waals surface area contributed by atoms with Gasteiger partial charge in [0.25, 0.3) is 5.91 Å². The monoisotopic (exact) mass is 391 g/mol. The minimum absolute atomic E-state index is 0.0192. The molecule has 0 aliphatic rings. The largest absolute Gasteiger partial charge is 0.467 e. The van der Waals surface area contributed by atoms with Crippen molar-refractivity contribution in [2.45, 2.75) is 26.3 Å². The third kappa shape index (κ3) is 5.63. The molecular weight excluding hydrogens is 369 g/mol. The summed E-state index contributed by atoms with van der Waals surface area (Å²) < 4.78 is 22.7. The average molecular weight is 391 g/mol. The second-order valence-corrected chi connectivity index (χ2v) is 6.40. The quantitative estimate of drug-likeness (QED) is 0.665. The number of rotatable bonds is 8. The Kier molecular flexibility index (Phi) is 7.25. The Morgan fingerprint density at radius 3 is 2.50 bits per heavy atom. The second-order valence-electron chi connectivity index (χ2n) is 6.40. The van der Waals surface area contributed by atoms with Crippen LogP contribution in [0.5, 0.6) is 0 Å². The first-order valence-electron chi connectivity index (χ1n) is 8.70. The first kappa shape index (κ1) is 21.1. The van der Waals surface area contributed by atoms with Gasteiger partial charge in [-0.25, -0.2) is 9.18 Å². The first-order valence-corrected chi connectivity index (χ1v) is 8.70. The Balaban J connectivity index is 1.85. The number of hydrogen-bond acceptors (Lipinski definition) is 6. The molecule has 0 aliphatic carbocycles. The highest BCUT2D eigenvalue weighted by molar-refractivity contribution is 5.93. The maximum absolute atomic E-state index is 13.0. The molecule has 0 radical (unpaired) electrons. The Morgan fingerprint density at radius 2 is 1.89 bits per heavy atom. The molecule has 2 aromatic rings. The highest BCUT2D eigenvalue weighted by atomic mass is 19.1. The lowest BCUT2D eigenvalue weighted by molar-refractivity contribution is -0.146. The van der Waals surface area contributed by atoms with Gasteiger partial charge in [-0.15, -0.1) is 0 Å². The van der Waals surface area contributed by atoms with E-state index in [0.29, 0.717) is 11.3 Å². The third-order valence-electron chi connectivity index (χ3n) is 3.95. The van der Waals surface area contributed by atoms with Crippen LogP contribution in [0.4, 0.5) is 4.39 Å². The second kappa shape index (κ2) is 9.63. The Bertz CT molecular complexity index is 832. The molecule has 0 bridgehead atoms. The molecule has 2 rings (SSSR count). The molecule has 1 aromatic carbocycles. The smallest absolute Gasteiger partial charge is 0.328 e. The van der Waals surface area contributed by atoms with E-state index in [2.05, 4.69) is 20.5 Å². The molecule has 1 aromatic heterocycles. The Morgan fingerprint density at radius 1 is 1.21 bits per heavy atom. The molecule has 1 atom stereocenters. The van der Waals surface area contributed by atoms with Crippen molar-refractivity contribution in [3.8, 4) is 11.3 Å². The number of carbonyl (C=O) groups excluding carboxylic acids is 3. The van der Waals surface area contributed by atoms with E-state index in [1.807, 2.05) is 0 Å². The van der Waals surface area contributed by atoms with Crippen LogP contribution in [0.3, 0.4) is 0 Å². The molecular formula is C19H22FN3O5. The zero-order chi connectivity index (χ0) is 20.7. The predicted molar refractivity (Wildman–Crippen MR) is 97.6 cm³/mol. The van der Waals surface area contributed by atoms with Gasteiger partial charge >= 0.3 is 5.97 Å². The van der Waals surface area contributed by atoms with Crippen molar-refractivity contribution >= 4 is 17.8 Å². The van der Waals surface area contributed by atoms with Gasteiger partial charge in [0, 0.05) is 24.6 Å². The molecule has 1 heterocycles. The van der Waals surface area contributed by atoms with Gasteiger partial charge < -0.3 is 19.9 Å². The van der Waals surface area contributed by atoms with E-state index in [0.717, 1.165) is 0 Å². The molecule has 28 heavy (non-hydrogen) atoms. The number of halogens is 1. The van der Waals surface area contributed by atoms with Crippen molar-refractivity contribution in [1.29, 1.82) is 0 Å². The molecule has 0 aliphatic heterocycles. The number of aromatic nitrogens is 1. The molecule has 0 spiro atoms. The van der Waals surface area contributed by atoms with Gasteiger partial charge in [0.15, 0.2) is 11.5 Å². The molecule has 0 saturated heterocycles. The fourth-order valence-electron chi connectivity index (χ4n) is 2.38. The van der Waals surface area contributed by atoms with Gasteiger partial charge in [-0.2, -0.15) is 0 Å².